The van der Waals surface area contributed by atoms with Crippen molar-refractivity contribution >= 4 is 33.9 Å². The summed E-state index contributed by atoms with van der Waals surface area (Å²) in [5, 5.41) is 8.82. The number of carboxylic acid groups (broad SMARTS) is 1. The van der Waals surface area contributed by atoms with Gasteiger partial charge in [0.1, 0.15) is 12.4 Å². The van der Waals surface area contributed by atoms with Gasteiger partial charge in [0.2, 0.25) is 0 Å². The predicted octanol–water partition coefficient (Wildman–Crippen LogP) is 1.77. The third-order valence-electron chi connectivity index (χ3n) is 3.48. The average Bonchev–Trinajstić information content (AvgIpc) is 2.35. The lowest BCUT2D eigenvalue weighted by atomic mass is 9.98. The van der Waals surface area contributed by atoms with Crippen LogP contribution in [0.5, 0.6) is 5.75 Å². The van der Waals surface area contributed by atoms with Gasteiger partial charge in [-0.15, -0.1) is 0 Å². The molecule has 1 N–H and O–H groups in total. The Kier molecular flexibility index (Phi) is 3.25. The molecule has 0 aromatic heterocycles. The third-order valence-corrected chi connectivity index (χ3v) is 3.97. The number of rotatable bonds is 2. The minimum Gasteiger partial charge on any atom is -0.488 e. The first kappa shape index (κ1) is 13.2. The number of nitrogens with zero attached hydrogens (tertiary/aromatic N) is 1. The molecule has 1 fully saturated rings. The van der Waals surface area contributed by atoms with Crippen LogP contribution in [0.4, 0.5) is 0 Å². The fourth-order valence-corrected chi connectivity index (χ4v) is 2.65. The number of hydrogen-bond donors (Lipinski definition) is 1. The Hall–Kier alpha value is -1.82. The van der Waals surface area contributed by atoms with E-state index >= 15 is 0 Å². The summed E-state index contributed by atoms with van der Waals surface area (Å²) in [5.74, 6) is -0.687. The van der Waals surface area contributed by atoms with Crippen molar-refractivity contribution in [3.63, 3.8) is 0 Å². The van der Waals surface area contributed by atoms with Crippen molar-refractivity contribution in [2.45, 2.75) is 0 Å². The number of likely N-dealkylation sites (tertiary alicyclic amines) is 1. The van der Waals surface area contributed by atoms with Gasteiger partial charge in [0.05, 0.1) is 11.5 Å². The average molecular weight is 338 g/mol. The van der Waals surface area contributed by atoms with E-state index in [9.17, 15) is 9.59 Å². The number of benzene rings is 1. The number of ether oxygens (including phenoxy) is 1. The van der Waals surface area contributed by atoms with Crippen molar-refractivity contribution in [3.05, 3.63) is 33.8 Å². The number of hydrogen-bond acceptors (Lipinski definition) is 3. The molecule has 0 aliphatic carbocycles. The molecular weight excluding hydrogens is 326 g/mol. The molecule has 0 radical (unpaired) electrons. The minimum atomic E-state index is -0.850. The molecule has 0 saturated carbocycles. The maximum absolute atomic E-state index is 12.2. The molecule has 1 aromatic carbocycles. The van der Waals surface area contributed by atoms with Gasteiger partial charge in [-0.3, -0.25) is 9.59 Å². The molecule has 0 atom stereocenters. The van der Waals surface area contributed by atoms with Crippen LogP contribution in [0.2, 0.25) is 0 Å². The van der Waals surface area contributed by atoms with Gasteiger partial charge in [0, 0.05) is 23.1 Å². The third kappa shape index (κ3) is 2.31. The zero-order valence-electron chi connectivity index (χ0n) is 10.5. The molecule has 0 spiro atoms. The van der Waals surface area contributed by atoms with E-state index in [4.69, 9.17) is 9.84 Å². The van der Waals surface area contributed by atoms with Gasteiger partial charge in [-0.25, -0.2) is 0 Å². The highest BCUT2D eigenvalue weighted by Crippen LogP contribution is 2.30. The largest absolute Gasteiger partial charge is 0.488 e. The highest BCUT2D eigenvalue weighted by atomic mass is 79.9. The second-order valence-electron chi connectivity index (χ2n) is 4.89. The lowest BCUT2D eigenvalue weighted by Gasteiger charge is -2.37. The first-order valence-corrected chi connectivity index (χ1v) is 6.99. The number of carbonyl (C=O) groups is 2. The minimum absolute atomic E-state index is 0.145. The van der Waals surface area contributed by atoms with E-state index in [1.807, 2.05) is 18.2 Å². The summed E-state index contributed by atoms with van der Waals surface area (Å²) in [6.07, 6.45) is 1.81. The van der Waals surface area contributed by atoms with Crippen LogP contribution in [-0.2, 0) is 9.59 Å². The molecule has 20 heavy (non-hydrogen) atoms. The lowest BCUT2D eigenvalue weighted by Crippen LogP contribution is -2.53. The Morgan fingerprint density at radius 3 is 2.80 bits per heavy atom. The second-order valence-corrected chi connectivity index (χ2v) is 5.80. The van der Waals surface area contributed by atoms with Gasteiger partial charge >= 0.3 is 5.97 Å². The summed E-state index contributed by atoms with van der Waals surface area (Å²) < 4.78 is 6.47. The van der Waals surface area contributed by atoms with Crippen LogP contribution in [0.1, 0.15) is 5.56 Å². The van der Waals surface area contributed by atoms with Crippen LogP contribution in [0, 0.1) is 5.92 Å². The van der Waals surface area contributed by atoms with Crippen molar-refractivity contribution in [2.75, 3.05) is 19.7 Å². The summed E-state index contributed by atoms with van der Waals surface area (Å²) in [6, 6.07) is 5.62. The molecule has 2 aliphatic heterocycles. The van der Waals surface area contributed by atoms with Gasteiger partial charge in [-0.2, -0.15) is 0 Å². The normalized spacial score (nSPS) is 17.6. The van der Waals surface area contributed by atoms with Crippen molar-refractivity contribution in [1.29, 1.82) is 0 Å². The number of amides is 1. The summed E-state index contributed by atoms with van der Waals surface area (Å²) in [5.41, 5.74) is 1.41. The monoisotopic (exact) mass is 337 g/mol. The molecule has 6 heteroatoms. The number of halogens is 1. The Morgan fingerprint density at radius 2 is 2.10 bits per heavy atom. The SMILES string of the molecule is O=C(O)C1CN(C(=O)C2=Cc3cc(Br)ccc3OC2)C1. The maximum Gasteiger partial charge on any atom is 0.310 e. The van der Waals surface area contributed by atoms with Crippen LogP contribution in [0.3, 0.4) is 0 Å². The van der Waals surface area contributed by atoms with Crippen LogP contribution >= 0.6 is 15.9 Å². The van der Waals surface area contributed by atoms with E-state index in [1.165, 1.54) is 4.90 Å². The second kappa shape index (κ2) is 4.94. The Balaban J connectivity index is 1.76. The number of fused-ring (bicyclic) bond motifs is 1. The van der Waals surface area contributed by atoms with Gasteiger partial charge in [-0.05, 0) is 24.3 Å². The summed E-state index contributed by atoms with van der Waals surface area (Å²) in [4.78, 5) is 24.5. The van der Waals surface area contributed by atoms with Gasteiger partial charge < -0.3 is 14.7 Å². The fourth-order valence-electron chi connectivity index (χ4n) is 2.28. The molecule has 3 rings (SSSR count). The quantitative estimate of drug-likeness (QED) is 0.893. The van der Waals surface area contributed by atoms with Crippen molar-refractivity contribution < 1.29 is 19.4 Å². The lowest BCUT2D eigenvalue weighted by molar-refractivity contribution is -0.151. The van der Waals surface area contributed by atoms with Crippen LogP contribution in [0.25, 0.3) is 6.08 Å². The fraction of sp³-hybridized carbons (Fsp3) is 0.286. The van der Waals surface area contributed by atoms with Gasteiger partial charge in [-0.1, -0.05) is 15.9 Å². The van der Waals surface area contributed by atoms with E-state index in [2.05, 4.69) is 15.9 Å². The molecule has 2 heterocycles. The summed E-state index contributed by atoms with van der Waals surface area (Å²) in [7, 11) is 0. The first-order chi connectivity index (χ1) is 9.54. The van der Waals surface area contributed by atoms with Gasteiger partial charge in [0.15, 0.2) is 0 Å². The van der Waals surface area contributed by atoms with E-state index < -0.39 is 11.9 Å². The van der Waals surface area contributed by atoms with Crippen LogP contribution in [0.15, 0.2) is 28.2 Å². The standard InChI is InChI=1S/C14H12BrNO4/c15-11-1-2-12-8(4-11)3-9(7-20-12)13(17)16-5-10(6-16)14(18)19/h1-4,10H,5-7H2,(H,18,19). The van der Waals surface area contributed by atoms with Crippen molar-refractivity contribution in [1.82, 2.24) is 4.90 Å². The zero-order valence-corrected chi connectivity index (χ0v) is 12.1. The molecule has 1 saturated heterocycles. The highest BCUT2D eigenvalue weighted by molar-refractivity contribution is 9.10. The van der Waals surface area contributed by atoms with Crippen molar-refractivity contribution in [3.8, 4) is 5.75 Å². The van der Waals surface area contributed by atoms with E-state index in [-0.39, 0.29) is 25.6 Å². The van der Waals surface area contributed by atoms with Crippen LogP contribution in [-0.4, -0.2) is 41.6 Å². The van der Waals surface area contributed by atoms with E-state index in [0.717, 1.165) is 15.8 Å². The molecule has 5 nitrogen and oxygen atoms in total. The Morgan fingerprint density at radius 1 is 1.35 bits per heavy atom. The van der Waals surface area contributed by atoms with Crippen LogP contribution < -0.4 is 4.74 Å². The van der Waals surface area contributed by atoms with Crippen molar-refractivity contribution in [2.24, 2.45) is 5.92 Å². The number of carbonyl (C=O) groups excluding carboxylic acids is 1. The maximum atomic E-state index is 12.2. The molecule has 1 amide bonds. The smallest absolute Gasteiger partial charge is 0.310 e. The molecule has 1 aromatic rings. The number of aliphatic carboxylic acids is 1. The van der Waals surface area contributed by atoms with E-state index in [0.29, 0.717) is 5.57 Å². The topological polar surface area (TPSA) is 66.8 Å². The summed E-state index contributed by atoms with van der Waals surface area (Å²) >= 11 is 3.38. The Labute approximate surface area is 124 Å². The highest BCUT2D eigenvalue weighted by Gasteiger charge is 2.37. The van der Waals surface area contributed by atoms with E-state index in [1.54, 1.807) is 6.08 Å². The number of carboxylic acids is 1. The molecular formula is C14H12BrNO4. The molecule has 2 aliphatic rings. The molecule has 0 unspecified atom stereocenters. The van der Waals surface area contributed by atoms with Gasteiger partial charge in [0.25, 0.3) is 5.91 Å². The zero-order chi connectivity index (χ0) is 14.3. The molecule has 104 valence electrons. The first-order valence-electron chi connectivity index (χ1n) is 6.19. The summed E-state index contributed by atoms with van der Waals surface area (Å²) in [6.45, 7) is 0.773. The Bertz CT molecular complexity index is 620. The molecule has 0 bridgehead atoms. The predicted molar refractivity (Wildman–Crippen MR) is 75.3 cm³/mol.